The average Bonchev–Trinajstić information content (AvgIpc) is 2.81. The van der Waals surface area contributed by atoms with Gasteiger partial charge in [-0.3, -0.25) is 14.5 Å². The number of benzene rings is 3. The lowest BCUT2D eigenvalue weighted by Crippen LogP contribution is -2.22. The fourth-order valence-electron chi connectivity index (χ4n) is 3.26. The summed E-state index contributed by atoms with van der Waals surface area (Å²) >= 11 is 6.10. The van der Waals surface area contributed by atoms with E-state index in [2.05, 4.69) is 15.8 Å². The van der Waals surface area contributed by atoms with Gasteiger partial charge < -0.3 is 10.4 Å². The Morgan fingerprint density at radius 2 is 1.82 bits per heavy atom. The van der Waals surface area contributed by atoms with Crippen molar-refractivity contribution >= 4 is 35.3 Å². The van der Waals surface area contributed by atoms with Crippen LogP contribution >= 0.6 is 11.6 Å². The summed E-state index contributed by atoms with van der Waals surface area (Å²) in [5.74, 6) is -0.855. The highest BCUT2D eigenvalue weighted by Gasteiger charge is 2.15. The summed E-state index contributed by atoms with van der Waals surface area (Å²) in [6, 6.07) is 19.6. The Morgan fingerprint density at radius 1 is 1.06 bits per heavy atom. The molecular weight excluding hydrogens is 452 g/mol. The van der Waals surface area contributed by atoms with E-state index in [1.54, 1.807) is 36.5 Å². The molecule has 0 aliphatic carbocycles. The van der Waals surface area contributed by atoms with Crippen molar-refractivity contribution in [2.45, 2.75) is 13.5 Å². The molecule has 0 aliphatic heterocycles. The van der Waals surface area contributed by atoms with Gasteiger partial charge in [-0.15, -0.1) is 0 Å². The third kappa shape index (κ3) is 7.25. The molecule has 3 aromatic carbocycles. The highest BCUT2D eigenvalue weighted by atomic mass is 35.5. The van der Waals surface area contributed by atoms with Gasteiger partial charge in [-0.05, 0) is 55.4 Å². The topological polar surface area (TPSA) is 94.0 Å². The molecule has 0 spiro atoms. The number of nitrogens with one attached hydrogen (secondary N) is 2. The van der Waals surface area contributed by atoms with Gasteiger partial charge in [-0.1, -0.05) is 53.6 Å². The largest absolute Gasteiger partial charge is 0.395 e. The Labute approximate surface area is 204 Å². The van der Waals surface area contributed by atoms with Crippen LogP contribution in [0.25, 0.3) is 0 Å². The zero-order chi connectivity index (χ0) is 24.5. The Kier molecular flexibility index (Phi) is 8.93. The number of hydrogen-bond acceptors (Lipinski definition) is 5. The molecule has 0 fully saturated rings. The smallest absolute Gasteiger partial charge is 0.273 e. The molecule has 0 aliphatic rings. The van der Waals surface area contributed by atoms with Gasteiger partial charge in [0.2, 0.25) is 0 Å². The highest BCUT2D eigenvalue weighted by molar-refractivity contribution is 6.31. The van der Waals surface area contributed by atoms with Crippen LogP contribution in [0.15, 0.2) is 71.8 Å². The molecule has 0 saturated carbocycles. The minimum Gasteiger partial charge on any atom is -0.395 e. The maximum Gasteiger partial charge on any atom is 0.273 e. The molecule has 0 unspecified atom stereocenters. The SMILES string of the molecule is Cc1ccc(C=NNC(=O)c2cc(Cl)ccc2NC(=O)c2cccc(CN(C)CCO)c2)cc1. The van der Waals surface area contributed by atoms with Gasteiger partial charge in [-0.25, -0.2) is 5.43 Å². The average molecular weight is 479 g/mol. The van der Waals surface area contributed by atoms with E-state index in [0.29, 0.717) is 29.4 Å². The third-order valence-corrected chi connectivity index (χ3v) is 5.29. The Bertz CT molecular complexity index is 1180. The van der Waals surface area contributed by atoms with Crippen molar-refractivity contribution in [3.63, 3.8) is 0 Å². The fourth-order valence-corrected chi connectivity index (χ4v) is 3.43. The number of likely N-dealkylation sites (N-methyl/N-ethyl adjacent to an activating group) is 1. The molecule has 0 saturated heterocycles. The quantitative estimate of drug-likeness (QED) is 0.319. The van der Waals surface area contributed by atoms with E-state index >= 15 is 0 Å². The number of hydrogen-bond donors (Lipinski definition) is 3. The lowest BCUT2D eigenvalue weighted by molar-refractivity contribution is 0.0956. The number of aryl methyl sites for hydroxylation is 1. The zero-order valence-electron chi connectivity index (χ0n) is 19.1. The van der Waals surface area contributed by atoms with Gasteiger partial charge in [0.1, 0.15) is 0 Å². The van der Waals surface area contributed by atoms with Crippen LogP contribution < -0.4 is 10.7 Å². The number of aliphatic hydroxyl groups excluding tert-OH is 1. The molecule has 2 amide bonds. The minimum atomic E-state index is -0.499. The van der Waals surface area contributed by atoms with Crippen molar-refractivity contribution in [1.29, 1.82) is 0 Å². The van der Waals surface area contributed by atoms with Crippen molar-refractivity contribution in [2.24, 2.45) is 5.10 Å². The molecule has 0 aromatic heterocycles. The van der Waals surface area contributed by atoms with Crippen LogP contribution in [0.5, 0.6) is 0 Å². The first kappa shape index (κ1) is 25.1. The standard InChI is InChI=1S/C26H27ClN4O3/c1-18-6-8-19(9-7-18)16-28-30-26(34)23-15-22(27)10-11-24(23)29-25(33)21-5-3-4-20(14-21)17-31(2)12-13-32/h3-11,14-16,32H,12-13,17H2,1-2H3,(H,29,33)(H,30,34). The summed E-state index contributed by atoms with van der Waals surface area (Å²) < 4.78 is 0. The monoisotopic (exact) mass is 478 g/mol. The normalized spacial score (nSPS) is 11.1. The third-order valence-electron chi connectivity index (χ3n) is 5.05. The predicted molar refractivity (Wildman–Crippen MR) is 136 cm³/mol. The molecule has 34 heavy (non-hydrogen) atoms. The number of amides is 2. The first-order valence-corrected chi connectivity index (χ1v) is 11.1. The molecule has 0 radical (unpaired) electrons. The summed E-state index contributed by atoms with van der Waals surface area (Å²) in [7, 11) is 1.89. The fraction of sp³-hybridized carbons (Fsp3) is 0.192. The number of nitrogens with zero attached hydrogens (tertiary/aromatic N) is 2. The molecule has 3 N–H and O–H groups in total. The molecule has 0 heterocycles. The molecule has 0 atom stereocenters. The molecule has 3 aromatic rings. The highest BCUT2D eigenvalue weighted by Crippen LogP contribution is 2.22. The lowest BCUT2D eigenvalue weighted by Gasteiger charge is -2.16. The number of halogens is 1. The van der Waals surface area contributed by atoms with Crippen LogP contribution in [0.4, 0.5) is 5.69 Å². The van der Waals surface area contributed by atoms with Crippen LogP contribution in [-0.2, 0) is 6.54 Å². The maximum atomic E-state index is 12.9. The van der Waals surface area contributed by atoms with Gasteiger partial charge in [0.25, 0.3) is 11.8 Å². The number of carbonyl (C=O) groups is 2. The summed E-state index contributed by atoms with van der Waals surface area (Å²) in [6.07, 6.45) is 1.54. The zero-order valence-corrected chi connectivity index (χ0v) is 19.8. The number of aliphatic hydroxyl groups is 1. The van der Waals surface area contributed by atoms with Crippen molar-refractivity contribution < 1.29 is 14.7 Å². The second-order valence-electron chi connectivity index (χ2n) is 7.92. The Balaban J connectivity index is 1.72. The van der Waals surface area contributed by atoms with Crippen LogP contribution in [-0.4, -0.2) is 48.2 Å². The van der Waals surface area contributed by atoms with Gasteiger partial charge in [-0.2, -0.15) is 5.10 Å². The van der Waals surface area contributed by atoms with Gasteiger partial charge in [0, 0.05) is 23.7 Å². The second kappa shape index (κ2) is 12.1. The first-order valence-electron chi connectivity index (χ1n) is 10.7. The summed E-state index contributed by atoms with van der Waals surface area (Å²) in [6.45, 7) is 3.18. The molecule has 3 rings (SSSR count). The van der Waals surface area contributed by atoms with Crippen LogP contribution in [0.3, 0.4) is 0 Å². The van der Waals surface area contributed by atoms with Gasteiger partial charge >= 0.3 is 0 Å². The van der Waals surface area contributed by atoms with E-state index in [1.807, 2.05) is 49.2 Å². The van der Waals surface area contributed by atoms with Crippen LogP contribution in [0.1, 0.15) is 37.4 Å². The van der Waals surface area contributed by atoms with E-state index in [0.717, 1.165) is 16.7 Å². The van der Waals surface area contributed by atoms with E-state index in [-0.39, 0.29) is 18.1 Å². The van der Waals surface area contributed by atoms with E-state index < -0.39 is 5.91 Å². The molecule has 7 nitrogen and oxygen atoms in total. The Morgan fingerprint density at radius 3 is 2.56 bits per heavy atom. The van der Waals surface area contributed by atoms with Gasteiger partial charge in [0.05, 0.1) is 24.1 Å². The number of rotatable bonds is 9. The van der Waals surface area contributed by atoms with Crippen molar-refractivity contribution in [3.05, 3.63) is 99.6 Å². The number of carbonyl (C=O) groups excluding carboxylic acids is 2. The maximum absolute atomic E-state index is 12.9. The molecular formula is C26H27ClN4O3. The van der Waals surface area contributed by atoms with Crippen LogP contribution in [0.2, 0.25) is 5.02 Å². The van der Waals surface area contributed by atoms with E-state index in [4.69, 9.17) is 16.7 Å². The number of anilines is 1. The Hall–Kier alpha value is -3.52. The summed E-state index contributed by atoms with van der Waals surface area (Å²) in [5.41, 5.74) is 6.35. The summed E-state index contributed by atoms with van der Waals surface area (Å²) in [4.78, 5) is 27.6. The molecule has 0 bridgehead atoms. The molecule has 8 heteroatoms. The van der Waals surface area contributed by atoms with E-state index in [9.17, 15) is 9.59 Å². The minimum absolute atomic E-state index is 0.0626. The first-order chi connectivity index (χ1) is 16.4. The van der Waals surface area contributed by atoms with E-state index in [1.165, 1.54) is 6.07 Å². The predicted octanol–water partition coefficient (Wildman–Crippen LogP) is 4.09. The second-order valence-corrected chi connectivity index (χ2v) is 8.35. The summed E-state index contributed by atoms with van der Waals surface area (Å²) in [5, 5.41) is 16.2. The lowest BCUT2D eigenvalue weighted by atomic mass is 10.1. The molecule has 176 valence electrons. The van der Waals surface area contributed by atoms with Crippen molar-refractivity contribution in [2.75, 3.05) is 25.5 Å². The van der Waals surface area contributed by atoms with Gasteiger partial charge in [0.15, 0.2) is 0 Å². The van der Waals surface area contributed by atoms with Crippen molar-refractivity contribution in [3.8, 4) is 0 Å². The van der Waals surface area contributed by atoms with Crippen molar-refractivity contribution in [1.82, 2.24) is 10.3 Å². The number of hydrazone groups is 1. The van der Waals surface area contributed by atoms with Crippen LogP contribution in [0, 0.1) is 6.92 Å².